The summed E-state index contributed by atoms with van der Waals surface area (Å²) in [6, 6.07) is 18.8. The summed E-state index contributed by atoms with van der Waals surface area (Å²) in [5.74, 6) is 0.456. The van der Waals surface area contributed by atoms with Crippen molar-refractivity contribution in [3.8, 4) is 11.5 Å². The van der Waals surface area contributed by atoms with Crippen LogP contribution < -0.4 is 19.8 Å². The Hall–Kier alpha value is -3.66. The molecule has 1 N–H and O–H groups in total. The van der Waals surface area contributed by atoms with Crippen LogP contribution in [0.4, 0.5) is 11.4 Å². The fourth-order valence-corrected chi connectivity index (χ4v) is 4.43. The van der Waals surface area contributed by atoms with Crippen LogP contribution in [0.2, 0.25) is 0 Å². The predicted molar refractivity (Wildman–Crippen MR) is 151 cm³/mol. The van der Waals surface area contributed by atoms with Crippen molar-refractivity contribution in [3.63, 3.8) is 0 Å². The van der Waals surface area contributed by atoms with Gasteiger partial charge in [0.15, 0.2) is 18.1 Å². The van der Waals surface area contributed by atoms with Gasteiger partial charge in [-0.15, -0.1) is 0 Å². The predicted octanol–water partition coefficient (Wildman–Crippen LogP) is 5.74. The summed E-state index contributed by atoms with van der Waals surface area (Å²) < 4.78 is 12.1. The highest BCUT2D eigenvalue weighted by molar-refractivity contribution is 14.1. The second-order valence-electron chi connectivity index (χ2n) is 8.43. The smallest absolute Gasteiger partial charge is 0.280 e. The lowest BCUT2D eigenvalue weighted by atomic mass is 10.1. The van der Waals surface area contributed by atoms with E-state index in [9.17, 15) is 9.59 Å². The summed E-state index contributed by atoms with van der Waals surface area (Å²) in [7, 11) is 1.54. The van der Waals surface area contributed by atoms with Crippen molar-refractivity contribution >= 4 is 57.6 Å². The zero-order chi connectivity index (χ0) is 25.8. The Kier molecular flexibility index (Phi) is 7.73. The molecule has 0 radical (unpaired) electrons. The van der Waals surface area contributed by atoms with Crippen molar-refractivity contribution < 1.29 is 19.1 Å². The van der Waals surface area contributed by atoms with E-state index in [-0.39, 0.29) is 18.4 Å². The first-order valence-electron chi connectivity index (χ1n) is 11.3. The van der Waals surface area contributed by atoms with Gasteiger partial charge in [0.05, 0.1) is 27.7 Å². The lowest BCUT2D eigenvalue weighted by molar-refractivity contribution is -0.118. The number of anilines is 2. The van der Waals surface area contributed by atoms with Crippen LogP contribution in [0.3, 0.4) is 0 Å². The maximum atomic E-state index is 13.1. The van der Waals surface area contributed by atoms with Crippen LogP contribution in [0, 0.1) is 17.4 Å². The monoisotopic (exact) mass is 595 g/mol. The van der Waals surface area contributed by atoms with E-state index in [1.54, 1.807) is 12.1 Å². The van der Waals surface area contributed by atoms with Crippen molar-refractivity contribution in [2.75, 3.05) is 24.0 Å². The maximum absolute atomic E-state index is 13.1. The van der Waals surface area contributed by atoms with Crippen LogP contribution in [-0.2, 0) is 9.59 Å². The Balaban J connectivity index is 1.50. The number of aryl methyl sites for hydroxylation is 2. The normalized spacial score (nSPS) is 14.1. The number of rotatable bonds is 7. The Bertz CT molecular complexity index is 1360. The number of methoxy groups -OCH3 is 1. The first-order chi connectivity index (χ1) is 17.2. The average Bonchev–Trinajstić information content (AvgIpc) is 3.13. The molecule has 1 heterocycles. The molecule has 0 saturated heterocycles. The van der Waals surface area contributed by atoms with Crippen LogP contribution in [0.5, 0.6) is 11.5 Å². The van der Waals surface area contributed by atoms with Crippen LogP contribution in [0.1, 0.15) is 23.6 Å². The lowest BCUT2D eigenvalue weighted by Crippen LogP contribution is -2.21. The average molecular weight is 595 g/mol. The van der Waals surface area contributed by atoms with Gasteiger partial charge in [0.1, 0.15) is 0 Å². The molecule has 0 bridgehead atoms. The molecule has 7 nitrogen and oxygen atoms in total. The summed E-state index contributed by atoms with van der Waals surface area (Å²) in [6.07, 6.45) is 1.79. The summed E-state index contributed by atoms with van der Waals surface area (Å²) in [4.78, 5) is 25.5. The Morgan fingerprint density at radius 1 is 1.03 bits per heavy atom. The van der Waals surface area contributed by atoms with Gasteiger partial charge in [-0.05, 0) is 91.4 Å². The van der Waals surface area contributed by atoms with Gasteiger partial charge in [0.25, 0.3) is 11.8 Å². The third-order valence-corrected chi connectivity index (χ3v) is 6.39. The fraction of sp³-hybridized carbons (Fsp3) is 0.179. The largest absolute Gasteiger partial charge is 0.493 e. The molecule has 2 amide bonds. The second kappa shape index (κ2) is 10.9. The van der Waals surface area contributed by atoms with E-state index in [2.05, 4.69) is 33.0 Å². The maximum Gasteiger partial charge on any atom is 0.280 e. The Morgan fingerprint density at radius 3 is 2.31 bits per heavy atom. The fourth-order valence-electron chi connectivity index (χ4n) is 3.65. The lowest BCUT2D eigenvalue weighted by Gasteiger charge is -2.14. The quantitative estimate of drug-likeness (QED) is 0.279. The number of benzene rings is 3. The van der Waals surface area contributed by atoms with Crippen molar-refractivity contribution in [2.24, 2.45) is 5.10 Å². The van der Waals surface area contributed by atoms with Gasteiger partial charge in [-0.2, -0.15) is 10.1 Å². The number of hydrogen-bond acceptors (Lipinski definition) is 5. The third kappa shape index (κ3) is 5.76. The number of hydrogen-bond donors (Lipinski definition) is 1. The number of carbonyl (C=O) groups excluding carboxylic acids is 2. The molecule has 1 aliphatic heterocycles. The molecular formula is C28H26IN3O4. The molecule has 0 aromatic heterocycles. The van der Waals surface area contributed by atoms with Crippen molar-refractivity contribution in [1.29, 1.82) is 0 Å². The summed E-state index contributed by atoms with van der Waals surface area (Å²) in [5.41, 5.74) is 5.53. The number of nitrogens with one attached hydrogen (secondary N) is 1. The molecule has 36 heavy (non-hydrogen) atoms. The van der Waals surface area contributed by atoms with E-state index >= 15 is 0 Å². The Morgan fingerprint density at radius 2 is 1.67 bits per heavy atom. The third-order valence-electron chi connectivity index (χ3n) is 5.59. The SMILES string of the molecule is COc1cc(/C=C2\C(=O)N(c3ccc(C)cc3)N=C2C)cc(I)c1OCC(=O)Nc1ccc(C)cc1. The zero-order valence-electron chi connectivity index (χ0n) is 20.5. The van der Waals surface area contributed by atoms with Gasteiger partial charge in [0.2, 0.25) is 0 Å². The molecule has 0 aliphatic carbocycles. The molecule has 184 valence electrons. The second-order valence-corrected chi connectivity index (χ2v) is 9.60. The van der Waals surface area contributed by atoms with Crippen molar-refractivity contribution in [3.05, 3.63) is 86.5 Å². The highest BCUT2D eigenvalue weighted by atomic mass is 127. The van der Waals surface area contributed by atoms with E-state index in [4.69, 9.17) is 9.47 Å². The van der Waals surface area contributed by atoms with Gasteiger partial charge in [-0.3, -0.25) is 9.59 Å². The minimum atomic E-state index is -0.275. The molecule has 0 spiro atoms. The van der Waals surface area contributed by atoms with E-state index in [0.717, 1.165) is 20.3 Å². The number of hydrazone groups is 1. The summed E-state index contributed by atoms with van der Waals surface area (Å²) in [6.45, 7) is 5.62. The molecule has 0 atom stereocenters. The van der Waals surface area contributed by atoms with Crippen LogP contribution in [0.25, 0.3) is 6.08 Å². The van der Waals surface area contributed by atoms with Crippen LogP contribution in [-0.4, -0.2) is 31.2 Å². The minimum absolute atomic E-state index is 0.170. The van der Waals surface area contributed by atoms with Crippen LogP contribution >= 0.6 is 22.6 Å². The molecule has 0 fully saturated rings. The molecular weight excluding hydrogens is 569 g/mol. The van der Waals surface area contributed by atoms with Crippen molar-refractivity contribution in [2.45, 2.75) is 20.8 Å². The molecule has 0 unspecified atom stereocenters. The van der Waals surface area contributed by atoms with E-state index in [1.807, 2.05) is 75.4 Å². The zero-order valence-corrected chi connectivity index (χ0v) is 22.6. The Labute approximate surface area is 223 Å². The number of ether oxygens (including phenoxy) is 2. The van der Waals surface area contributed by atoms with Crippen LogP contribution in [0.15, 0.2) is 71.3 Å². The van der Waals surface area contributed by atoms with E-state index in [0.29, 0.717) is 34.2 Å². The number of halogens is 1. The first kappa shape index (κ1) is 25.4. The highest BCUT2D eigenvalue weighted by Crippen LogP contribution is 2.35. The van der Waals surface area contributed by atoms with Crippen molar-refractivity contribution in [1.82, 2.24) is 0 Å². The number of nitrogens with zero attached hydrogens (tertiary/aromatic N) is 2. The summed E-state index contributed by atoms with van der Waals surface area (Å²) >= 11 is 2.13. The topological polar surface area (TPSA) is 80.2 Å². The van der Waals surface area contributed by atoms with Gasteiger partial charge in [0, 0.05) is 5.69 Å². The first-order valence-corrected chi connectivity index (χ1v) is 12.4. The number of carbonyl (C=O) groups is 2. The van der Waals surface area contributed by atoms with Gasteiger partial charge >= 0.3 is 0 Å². The molecule has 0 saturated carbocycles. The molecule has 4 rings (SSSR count). The highest BCUT2D eigenvalue weighted by Gasteiger charge is 2.29. The summed E-state index contributed by atoms with van der Waals surface area (Å²) in [5, 5.41) is 8.67. The van der Waals surface area contributed by atoms with Gasteiger partial charge in [-0.1, -0.05) is 35.4 Å². The molecule has 3 aromatic carbocycles. The molecule has 8 heteroatoms. The van der Waals surface area contributed by atoms with E-state index < -0.39 is 0 Å². The van der Waals surface area contributed by atoms with Gasteiger partial charge < -0.3 is 14.8 Å². The number of amides is 2. The molecule has 3 aromatic rings. The van der Waals surface area contributed by atoms with Gasteiger partial charge in [-0.25, -0.2) is 0 Å². The molecule has 1 aliphatic rings. The standard InChI is InChI=1S/C28H26IN3O4/c1-17-5-9-21(10-6-17)30-26(33)16-36-27-24(29)14-20(15-25(27)35-4)13-23-19(3)31-32(28(23)34)22-11-7-18(2)8-12-22/h5-15H,16H2,1-4H3,(H,30,33)/b23-13-. The minimum Gasteiger partial charge on any atom is -0.493 e. The van der Waals surface area contributed by atoms with E-state index in [1.165, 1.54) is 12.1 Å².